The first kappa shape index (κ1) is 12.7. The highest BCUT2D eigenvalue weighted by molar-refractivity contribution is 6.30. The summed E-state index contributed by atoms with van der Waals surface area (Å²) in [4.78, 5) is 11.8. The number of hydrogen-bond donors (Lipinski definition) is 2. The monoisotopic (exact) mass is 265 g/mol. The number of amides is 1. The van der Waals surface area contributed by atoms with Crippen LogP contribution in [0.25, 0.3) is 0 Å². The number of nitrogens with one attached hydrogen (secondary N) is 1. The van der Waals surface area contributed by atoms with Gasteiger partial charge in [-0.1, -0.05) is 17.7 Å². The average molecular weight is 266 g/mol. The molecule has 1 atom stereocenters. The second-order valence-corrected chi connectivity index (χ2v) is 4.19. The minimum Gasteiger partial charge on any atom is -0.467 e. The number of halogens is 1. The summed E-state index contributed by atoms with van der Waals surface area (Å²) >= 11 is 5.79. The number of furan rings is 1. The molecule has 1 aromatic carbocycles. The van der Waals surface area contributed by atoms with E-state index >= 15 is 0 Å². The molecule has 1 unspecified atom stereocenters. The molecule has 18 heavy (non-hydrogen) atoms. The average Bonchev–Trinajstić information content (AvgIpc) is 2.89. The predicted octanol–water partition coefficient (Wildman–Crippen LogP) is 2.40. The summed E-state index contributed by atoms with van der Waals surface area (Å²) in [6.07, 6.45) is 0.611. The zero-order valence-corrected chi connectivity index (χ0v) is 10.2. The van der Waals surface area contributed by atoms with E-state index in [1.54, 1.807) is 36.4 Å². The lowest BCUT2D eigenvalue weighted by Crippen LogP contribution is -2.28. The van der Waals surface area contributed by atoms with Crippen LogP contribution in [-0.4, -0.2) is 17.6 Å². The lowest BCUT2D eigenvalue weighted by molar-refractivity contribution is 0.0901. The number of rotatable bonds is 4. The summed E-state index contributed by atoms with van der Waals surface area (Å²) < 4.78 is 5.03. The third kappa shape index (κ3) is 3.12. The smallest absolute Gasteiger partial charge is 0.251 e. The molecular formula is C13H12ClNO3. The van der Waals surface area contributed by atoms with Crippen molar-refractivity contribution in [3.8, 4) is 0 Å². The van der Waals surface area contributed by atoms with Crippen molar-refractivity contribution in [3.05, 3.63) is 59.0 Å². The maximum atomic E-state index is 11.8. The van der Waals surface area contributed by atoms with Crippen molar-refractivity contribution in [2.24, 2.45) is 0 Å². The standard InChI is InChI=1S/C13H12ClNO3/c14-10-4-1-3-9(7-10)13(17)15-8-11(16)12-5-2-6-18-12/h1-7,11,16H,8H2,(H,15,17). The first-order chi connectivity index (χ1) is 8.66. The van der Waals surface area contributed by atoms with E-state index in [2.05, 4.69) is 5.32 Å². The van der Waals surface area contributed by atoms with Gasteiger partial charge in [0, 0.05) is 10.6 Å². The van der Waals surface area contributed by atoms with Crippen molar-refractivity contribution in [2.45, 2.75) is 6.10 Å². The molecule has 0 radical (unpaired) electrons. The van der Waals surface area contributed by atoms with Gasteiger partial charge in [-0.3, -0.25) is 4.79 Å². The zero-order valence-electron chi connectivity index (χ0n) is 9.47. The third-order valence-electron chi connectivity index (χ3n) is 2.41. The van der Waals surface area contributed by atoms with Crippen LogP contribution < -0.4 is 5.32 Å². The minimum absolute atomic E-state index is 0.0822. The Kier molecular flexibility index (Phi) is 4.02. The molecule has 0 aliphatic rings. The van der Waals surface area contributed by atoms with Crippen molar-refractivity contribution in [1.29, 1.82) is 0 Å². The Balaban J connectivity index is 1.92. The molecule has 0 saturated carbocycles. The fourth-order valence-electron chi connectivity index (χ4n) is 1.50. The molecule has 5 heteroatoms. The van der Waals surface area contributed by atoms with Crippen LogP contribution in [-0.2, 0) is 0 Å². The lowest BCUT2D eigenvalue weighted by Gasteiger charge is -2.09. The third-order valence-corrected chi connectivity index (χ3v) is 2.65. The summed E-state index contributed by atoms with van der Waals surface area (Å²) in [5.41, 5.74) is 0.453. The molecule has 2 N–H and O–H groups in total. The van der Waals surface area contributed by atoms with Crippen LogP contribution in [0.4, 0.5) is 0 Å². The molecule has 94 valence electrons. The molecule has 0 spiro atoms. The zero-order chi connectivity index (χ0) is 13.0. The normalized spacial score (nSPS) is 12.1. The Morgan fingerprint density at radius 1 is 1.39 bits per heavy atom. The number of aliphatic hydroxyl groups is 1. The van der Waals surface area contributed by atoms with E-state index in [-0.39, 0.29) is 12.5 Å². The Morgan fingerprint density at radius 2 is 2.22 bits per heavy atom. The lowest BCUT2D eigenvalue weighted by atomic mass is 10.2. The first-order valence-corrected chi connectivity index (χ1v) is 5.80. The molecule has 1 heterocycles. The molecule has 2 rings (SSSR count). The molecular weight excluding hydrogens is 254 g/mol. The highest BCUT2D eigenvalue weighted by Crippen LogP contribution is 2.13. The van der Waals surface area contributed by atoms with Gasteiger partial charge < -0.3 is 14.8 Å². The summed E-state index contributed by atoms with van der Waals surface area (Å²) in [6, 6.07) is 9.93. The molecule has 0 aliphatic heterocycles. The summed E-state index contributed by atoms with van der Waals surface area (Å²) in [7, 11) is 0. The van der Waals surface area contributed by atoms with Gasteiger partial charge in [0.1, 0.15) is 11.9 Å². The summed E-state index contributed by atoms with van der Waals surface area (Å²) in [5.74, 6) is 0.129. The Hall–Kier alpha value is -1.78. The summed E-state index contributed by atoms with van der Waals surface area (Å²) in [5, 5.41) is 12.8. The largest absolute Gasteiger partial charge is 0.467 e. The molecule has 0 saturated heterocycles. The topological polar surface area (TPSA) is 62.5 Å². The van der Waals surface area contributed by atoms with Gasteiger partial charge in [0.05, 0.1) is 12.8 Å². The van der Waals surface area contributed by atoms with Crippen LogP contribution >= 0.6 is 11.6 Å². The Morgan fingerprint density at radius 3 is 2.89 bits per heavy atom. The van der Waals surface area contributed by atoms with Gasteiger partial charge in [-0.2, -0.15) is 0 Å². The van der Waals surface area contributed by atoms with E-state index in [9.17, 15) is 9.90 Å². The van der Waals surface area contributed by atoms with Gasteiger partial charge in [-0.15, -0.1) is 0 Å². The van der Waals surface area contributed by atoms with Crippen LogP contribution in [0.2, 0.25) is 5.02 Å². The van der Waals surface area contributed by atoms with Gasteiger partial charge in [-0.05, 0) is 30.3 Å². The SMILES string of the molecule is O=C(NCC(O)c1ccco1)c1cccc(Cl)c1. The predicted molar refractivity (Wildman–Crippen MR) is 67.5 cm³/mol. The number of aliphatic hydroxyl groups excluding tert-OH is 1. The van der Waals surface area contributed by atoms with E-state index in [1.807, 2.05) is 0 Å². The molecule has 0 aliphatic carbocycles. The highest BCUT2D eigenvalue weighted by Gasteiger charge is 2.12. The molecule has 0 bridgehead atoms. The number of benzene rings is 1. The Bertz CT molecular complexity index is 525. The van der Waals surface area contributed by atoms with Gasteiger partial charge in [0.15, 0.2) is 0 Å². The number of carbonyl (C=O) groups is 1. The van der Waals surface area contributed by atoms with E-state index in [0.717, 1.165) is 0 Å². The summed E-state index contributed by atoms with van der Waals surface area (Å²) in [6.45, 7) is 0.0822. The van der Waals surface area contributed by atoms with Crippen molar-refractivity contribution in [2.75, 3.05) is 6.54 Å². The number of hydrogen-bond acceptors (Lipinski definition) is 3. The van der Waals surface area contributed by atoms with Crippen LogP contribution in [0.5, 0.6) is 0 Å². The van der Waals surface area contributed by atoms with Crippen molar-refractivity contribution >= 4 is 17.5 Å². The van der Waals surface area contributed by atoms with Gasteiger partial charge in [0.25, 0.3) is 5.91 Å². The van der Waals surface area contributed by atoms with E-state index in [1.165, 1.54) is 6.26 Å². The molecule has 1 amide bonds. The molecule has 2 aromatic rings. The Labute approximate surface area is 109 Å². The van der Waals surface area contributed by atoms with Crippen LogP contribution in [0, 0.1) is 0 Å². The van der Waals surface area contributed by atoms with Crippen LogP contribution in [0.15, 0.2) is 47.1 Å². The van der Waals surface area contributed by atoms with E-state index in [4.69, 9.17) is 16.0 Å². The second kappa shape index (κ2) is 5.71. The minimum atomic E-state index is -0.858. The fraction of sp³-hybridized carbons (Fsp3) is 0.154. The van der Waals surface area contributed by atoms with Crippen molar-refractivity contribution < 1.29 is 14.3 Å². The van der Waals surface area contributed by atoms with Crippen molar-refractivity contribution in [1.82, 2.24) is 5.32 Å². The van der Waals surface area contributed by atoms with E-state index < -0.39 is 6.10 Å². The van der Waals surface area contributed by atoms with Gasteiger partial charge in [0.2, 0.25) is 0 Å². The van der Waals surface area contributed by atoms with Gasteiger partial charge >= 0.3 is 0 Å². The van der Waals surface area contributed by atoms with Crippen LogP contribution in [0.3, 0.4) is 0 Å². The molecule has 4 nitrogen and oxygen atoms in total. The second-order valence-electron chi connectivity index (χ2n) is 3.75. The van der Waals surface area contributed by atoms with Crippen LogP contribution in [0.1, 0.15) is 22.2 Å². The molecule has 0 fully saturated rings. The first-order valence-electron chi connectivity index (χ1n) is 5.42. The van der Waals surface area contributed by atoms with Gasteiger partial charge in [-0.25, -0.2) is 0 Å². The van der Waals surface area contributed by atoms with E-state index in [0.29, 0.717) is 16.3 Å². The van der Waals surface area contributed by atoms with Crippen molar-refractivity contribution in [3.63, 3.8) is 0 Å². The quantitative estimate of drug-likeness (QED) is 0.892. The number of carbonyl (C=O) groups excluding carboxylic acids is 1. The fourth-order valence-corrected chi connectivity index (χ4v) is 1.69. The highest BCUT2D eigenvalue weighted by atomic mass is 35.5. The maximum Gasteiger partial charge on any atom is 0.251 e. The molecule has 1 aromatic heterocycles. The maximum absolute atomic E-state index is 11.8.